The summed E-state index contributed by atoms with van der Waals surface area (Å²) < 4.78 is 60.2. The molecule has 0 bridgehead atoms. The minimum absolute atomic E-state index is 0.0371. The maximum absolute atomic E-state index is 13.8. The molecule has 26 heavy (non-hydrogen) atoms. The summed E-state index contributed by atoms with van der Waals surface area (Å²) in [4.78, 5) is 0. The summed E-state index contributed by atoms with van der Waals surface area (Å²) in [6.45, 7) is 1.16. The molecule has 1 aromatic carbocycles. The fourth-order valence-corrected chi connectivity index (χ4v) is 3.40. The molecule has 0 amide bonds. The summed E-state index contributed by atoms with van der Waals surface area (Å²) in [6.07, 6.45) is 1.90. The van der Waals surface area contributed by atoms with E-state index in [9.17, 15) is 17.6 Å². The van der Waals surface area contributed by atoms with E-state index in [4.69, 9.17) is 4.74 Å². The van der Waals surface area contributed by atoms with Gasteiger partial charge in [0.1, 0.15) is 12.4 Å². The lowest BCUT2D eigenvalue weighted by molar-refractivity contribution is -0.203. The highest BCUT2D eigenvalue weighted by atomic mass is 19.4. The van der Waals surface area contributed by atoms with Crippen LogP contribution in [0.1, 0.15) is 63.8 Å². The van der Waals surface area contributed by atoms with Gasteiger partial charge in [-0.1, -0.05) is 51.2 Å². The molecule has 148 valence electrons. The molecule has 1 aliphatic carbocycles. The third kappa shape index (κ3) is 7.52. The molecule has 1 saturated carbocycles. The zero-order valence-electron chi connectivity index (χ0n) is 15.2. The topological polar surface area (TPSA) is 18.5 Å². The van der Waals surface area contributed by atoms with Crippen molar-refractivity contribution >= 4 is 0 Å². The van der Waals surface area contributed by atoms with Crippen LogP contribution in [0.15, 0.2) is 24.3 Å². The van der Waals surface area contributed by atoms with Crippen LogP contribution in [0.3, 0.4) is 0 Å². The van der Waals surface area contributed by atoms with Crippen LogP contribution in [0, 0.1) is 11.8 Å². The molecule has 0 N–H and O–H groups in total. The van der Waals surface area contributed by atoms with E-state index in [1.165, 1.54) is 44.2 Å². The standard InChI is InChI=1S/C20H28F4O2/c1-2-3-5-15-8-10-16(11-9-15)13-25-18-7-4-6-17(12-18)19(21)26-14-20(22,23)24/h4,6-7,12,15-16,19H,2-3,5,8-11,13-14H2,1H3. The van der Waals surface area contributed by atoms with Crippen LogP contribution in [0.5, 0.6) is 5.75 Å². The average Bonchev–Trinajstić information content (AvgIpc) is 2.63. The zero-order chi connectivity index (χ0) is 19.0. The Morgan fingerprint density at radius 2 is 1.81 bits per heavy atom. The van der Waals surface area contributed by atoms with Crippen LogP contribution in [-0.2, 0) is 4.74 Å². The van der Waals surface area contributed by atoms with E-state index < -0.39 is 19.1 Å². The molecule has 6 heteroatoms. The molecule has 1 aromatic rings. The Balaban J connectivity index is 1.76. The molecule has 1 aliphatic rings. The van der Waals surface area contributed by atoms with Crippen molar-refractivity contribution in [1.82, 2.24) is 0 Å². The molecule has 0 radical (unpaired) electrons. The van der Waals surface area contributed by atoms with E-state index >= 15 is 0 Å². The molecule has 0 heterocycles. The maximum Gasteiger partial charge on any atom is 0.411 e. The van der Waals surface area contributed by atoms with E-state index in [0.717, 1.165) is 18.8 Å². The molecule has 0 spiro atoms. The Labute approximate surface area is 152 Å². The van der Waals surface area contributed by atoms with E-state index in [1.807, 2.05) is 0 Å². The van der Waals surface area contributed by atoms with Crippen molar-refractivity contribution in [3.8, 4) is 5.75 Å². The molecular weight excluding hydrogens is 348 g/mol. The fraction of sp³-hybridized carbons (Fsp3) is 0.700. The third-order valence-electron chi connectivity index (χ3n) is 4.93. The number of hydrogen-bond donors (Lipinski definition) is 0. The molecule has 1 atom stereocenters. The van der Waals surface area contributed by atoms with Gasteiger partial charge in [-0.3, -0.25) is 0 Å². The van der Waals surface area contributed by atoms with Gasteiger partial charge in [0.15, 0.2) is 0 Å². The van der Waals surface area contributed by atoms with Crippen LogP contribution in [0.25, 0.3) is 0 Å². The summed E-state index contributed by atoms with van der Waals surface area (Å²) in [6, 6.07) is 6.06. The Morgan fingerprint density at radius 1 is 1.12 bits per heavy atom. The smallest absolute Gasteiger partial charge is 0.411 e. The van der Waals surface area contributed by atoms with Gasteiger partial charge in [-0.05, 0) is 36.8 Å². The number of hydrogen-bond acceptors (Lipinski definition) is 2. The van der Waals surface area contributed by atoms with E-state index in [1.54, 1.807) is 12.1 Å². The van der Waals surface area contributed by atoms with Crippen LogP contribution in [0.2, 0.25) is 0 Å². The fourth-order valence-electron chi connectivity index (χ4n) is 3.40. The van der Waals surface area contributed by atoms with Gasteiger partial charge in [-0.25, -0.2) is 4.39 Å². The summed E-state index contributed by atoms with van der Waals surface area (Å²) in [5.74, 6) is 1.78. The molecule has 2 rings (SSSR count). The number of rotatable bonds is 9. The number of unbranched alkanes of at least 4 members (excludes halogenated alkanes) is 1. The van der Waals surface area contributed by atoms with E-state index in [-0.39, 0.29) is 5.56 Å². The second-order valence-electron chi connectivity index (χ2n) is 7.15. The Morgan fingerprint density at radius 3 is 2.46 bits per heavy atom. The summed E-state index contributed by atoms with van der Waals surface area (Å²) in [7, 11) is 0. The Hall–Kier alpha value is -1.30. The number of ether oxygens (including phenoxy) is 2. The zero-order valence-corrected chi connectivity index (χ0v) is 15.2. The van der Waals surface area contributed by atoms with Crippen molar-refractivity contribution in [1.29, 1.82) is 0 Å². The van der Waals surface area contributed by atoms with Gasteiger partial charge in [0, 0.05) is 5.56 Å². The third-order valence-corrected chi connectivity index (χ3v) is 4.93. The van der Waals surface area contributed by atoms with E-state index in [0.29, 0.717) is 18.3 Å². The quantitative estimate of drug-likeness (QED) is 0.452. The van der Waals surface area contributed by atoms with Crippen molar-refractivity contribution in [3.05, 3.63) is 29.8 Å². The van der Waals surface area contributed by atoms with Crippen molar-refractivity contribution in [3.63, 3.8) is 0 Å². The SMILES string of the molecule is CCCCC1CCC(COc2cccc(C(F)OCC(F)(F)F)c2)CC1. The van der Waals surface area contributed by atoms with Crippen molar-refractivity contribution < 1.29 is 27.0 Å². The first kappa shape index (κ1) is 21.0. The first-order valence-corrected chi connectivity index (χ1v) is 9.42. The monoisotopic (exact) mass is 376 g/mol. The largest absolute Gasteiger partial charge is 0.493 e. The van der Waals surface area contributed by atoms with Crippen LogP contribution < -0.4 is 4.74 Å². The normalized spacial score (nSPS) is 22.2. The summed E-state index contributed by atoms with van der Waals surface area (Å²) in [5, 5.41) is 0. The number of alkyl halides is 4. The van der Waals surface area contributed by atoms with Crippen molar-refractivity contribution in [2.45, 2.75) is 64.4 Å². The lowest BCUT2D eigenvalue weighted by atomic mass is 9.80. The maximum atomic E-state index is 13.8. The molecule has 1 fully saturated rings. The highest BCUT2D eigenvalue weighted by molar-refractivity contribution is 5.29. The number of halogens is 4. The van der Waals surface area contributed by atoms with Gasteiger partial charge < -0.3 is 9.47 Å². The minimum Gasteiger partial charge on any atom is -0.493 e. The first-order valence-electron chi connectivity index (χ1n) is 9.42. The summed E-state index contributed by atoms with van der Waals surface area (Å²) in [5.41, 5.74) is 0.0371. The predicted octanol–water partition coefficient (Wildman–Crippen LogP) is 6.61. The summed E-state index contributed by atoms with van der Waals surface area (Å²) >= 11 is 0. The van der Waals surface area contributed by atoms with Gasteiger partial charge in [0.25, 0.3) is 0 Å². The predicted molar refractivity (Wildman–Crippen MR) is 92.8 cm³/mol. The first-order chi connectivity index (χ1) is 12.4. The second kappa shape index (κ2) is 10.1. The molecule has 0 aromatic heterocycles. The Kier molecular flexibility index (Phi) is 8.19. The van der Waals surface area contributed by atoms with Gasteiger partial charge >= 0.3 is 6.18 Å². The molecule has 2 nitrogen and oxygen atoms in total. The highest BCUT2D eigenvalue weighted by Gasteiger charge is 2.29. The highest BCUT2D eigenvalue weighted by Crippen LogP contribution is 2.32. The van der Waals surface area contributed by atoms with Crippen LogP contribution in [-0.4, -0.2) is 19.4 Å². The average molecular weight is 376 g/mol. The van der Waals surface area contributed by atoms with E-state index in [2.05, 4.69) is 11.7 Å². The van der Waals surface area contributed by atoms with Gasteiger partial charge in [-0.2, -0.15) is 13.2 Å². The second-order valence-corrected chi connectivity index (χ2v) is 7.15. The minimum atomic E-state index is -4.55. The van der Waals surface area contributed by atoms with Gasteiger partial charge in [-0.15, -0.1) is 0 Å². The molecule has 0 aliphatic heterocycles. The molecular formula is C20H28F4O2. The van der Waals surface area contributed by atoms with Gasteiger partial charge in [0.05, 0.1) is 6.61 Å². The van der Waals surface area contributed by atoms with Crippen LogP contribution >= 0.6 is 0 Å². The van der Waals surface area contributed by atoms with Gasteiger partial charge in [0.2, 0.25) is 6.36 Å². The lowest BCUT2D eigenvalue weighted by Gasteiger charge is -2.28. The molecule has 1 unspecified atom stereocenters. The number of benzene rings is 1. The Bertz CT molecular complexity index is 525. The lowest BCUT2D eigenvalue weighted by Crippen LogP contribution is -2.20. The van der Waals surface area contributed by atoms with Crippen molar-refractivity contribution in [2.24, 2.45) is 11.8 Å². The van der Waals surface area contributed by atoms with Crippen LogP contribution in [0.4, 0.5) is 17.6 Å². The van der Waals surface area contributed by atoms with Crippen molar-refractivity contribution in [2.75, 3.05) is 13.2 Å². The molecule has 0 saturated heterocycles.